The van der Waals surface area contributed by atoms with E-state index in [1.54, 1.807) is 37.3 Å². The minimum Gasteiger partial charge on any atom is -0.484 e. The lowest BCUT2D eigenvalue weighted by atomic mass is 10.1. The molecular weight excluding hydrogens is 429 g/mol. The lowest BCUT2D eigenvalue weighted by Crippen LogP contribution is -2.39. The Morgan fingerprint density at radius 1 is 1.19 bits per heavy atom. The molecule has 2 aliphatic rings. The largest absolute Gasteiger partial charge is 0.484 e. The summed E-state index contributed by atoms with van der Waals surface area (Å²) in [4.78, 5) is 6.89. The molecule has 2 aromatic carbocycles. The Morgan fingerprint density at radius 2 is 1.91 bits per heavy atom. The molecule has 1 heterocycles. The van der Waals surface area contributed by atoms with Gasteiger partial charge in [-0.1, -0.05) is 12.1 Å². The minimum absolute atomic E-state index is 0.207. The SMILES string of the molecule is CC1=NCCN(CC(Oc2ccc(S(=O)(=O)NC3(C)CC3)cc2)c2ccc(C)c(F)c2)C1. The van der Waals surface area contributed by atoms with Crippen molar-refractivity contribution in [2.45, 2.75) is 50.2 Å². The third-order valence-electron chi connectivity index (χ3n) is 6.04. The summed E-state index contributed by atoms with van der Waals surface area (Å²) in [6.07, 6.45) is 1.30. The van der Waals surface area contributed by atoms with Crippen LogP contribution in [-0.2, 0) is 10.0 Å². The Morgan fingerprint density at radius 3 is 2.53 bits per heavy atom. The van der Waals surface area contributed by atoms with Crippen molar-refractivity contribution in [1.82, 2.24) is 9.62 Å². The van der Waals surface area contributed by atoms with Crippen LogP contribution in [0.25, 0.3) is 0 Å². The van der Waals surface area contributed by atoms with Crippen molar-refractivity contribution >= 4 is 15.7 Å². The fraction of sp³-hybridized carbons (Fsp3) is 0.458. The maximum Gasteiger partial charge on any atom is 0.241 e. The second kappa shape index (κ2) is 8.92. The van der Waals surface area contributed by atoms with Gasteiger partial charge in [0.1, 0.15) is 17.7 Å². The fourth-order valence-electron chi connectivity index (χ4n) is 3.78. The predicted octanol–water partition coefficient (Wildman–Crippen LogP) is 3.86. The summed E-state index contributed by atoms with van der Waals surface area (Å²) in [6.45, 7) is 8.51. The Labute approximate surface area is 189 Å². The third kappa shape index (κ3) is 5.54. The number of halogens is 1. The normalized spacial score (nSPS) is 19.3. The molecule has 1 fully saturated rings. The zero-order chi connectivity index (χ0) is 22.9. The Bertz CT molecular complexity index is 1110. The summed E-state index contributed by atoms with van der Waals surface area (Å²) in [5.74, 6) is 0.267. The topological polar surface area (TPSA) is 71.0 Å². The summed E-state index contributed by atoms with van der Waals surface area (Å²) < 4.78 is 48.5. The lowest BCUT2D eigenvalue weighted by Gasteiger charge is -2.30. The second-order valence-electron chi connectivity index (χ2n) is 9.10. The van der Waals surface area contributed by atoms with Crippen LogP contribution in [0.2, 0.25) is 0 Å². The number of benzene rings is 2. The number of hydrogen-bond acceptors (Lipinski definition) is 5. The van der Waals surface area contributed by atoms with Gasteiger partial charge in [0.05, 0.1) is 11.4 Å². The van der Waals surface area contributed by atoms with E-state index in [9.17, 15) is 12.8 Å². The minimum atomic E-state index is -3.57. The molecule has 0 saturated heterocycles. The number of nitrogens with zero attached hydrogens (tertiary/aromatic N) is 2. The van der Waals surface area contributed by atoms with Crippen molar-refractivity contribution in [2.24, 2.45) is 4.99 Å². The van der Waals surface area contributed by atoms with E-state index in [0.29, 0.717) is 17.9 Å². The highest BCUT2D eigenvalue weighted by Crippen LogP contribution is 2.36. The Hall–Kier alpha value is -2.29. The van der Waals surface area contributed by atoms with Crippen LogP contribution in [0.3, 0.4) is 0 Å². The van der Waals surface area contributed by atoms with Gasteiger partial charge in [0.25, 0.3) is 0 Å². The summed E-state index contributed by atoms with van der Waals surface area (Å²) in [7, 11) is -3.57. The zero-order valence-corrected chi connectivity index (χ0v) is 19.6. The number of rotatable bonds is 8. The van der Waals surface area contributed by atoms with Crippen LogP contribution in [0.15, 0.2) is 52.4 Å². The van der Waals surface area contributed by atoms with E-state index in [2.05, 4.69) is 14.6 Å². The van der Waals surface area contributed by atoms with Crippen LogP contribution in [-0.4, -0.2) is 50.7 Å². The smallest absolute Gasteiger partial charge is 0.241 e. The molecule has 1 saturated carbocycles. The van der Waals surface area contributed by atoms with Crippen LogP contribution in [0.1, 0.15) is 43.9 Å². The molecule has 0 aromatic heterocycles. The number of nitrogens with one attached hydrogen (secondary N) is 1. The van der Waals surface area contributed by atoms with Gasteiger partial charge in [-0.2, -0.15) is 0 Å². The maximum atomic E-state index is 14.3. The van der Waals surface area contributed by atoms with Gasteiger partial charge in [-0.3, -0.25) is 9.89 Å². The van der Waals surface area contributed by atoms with E-state index < -0.39 is 16.1 Å². The quantitative estimate of drug-likeness (QED) is 0.651. The zero-order valence-electron chi connectivity index (χ0n) is 18.8. The van der Waals surface area contributed by atoms with E-state index in [-0.39, 0.29) is 16.3 Å². The van der Waals surface area contributed by atoms with Crippen molar-refractivity contribution in [3.05, 3.63) is 59.4 Å². The van der Waals surface area contributed by atoms with Crippen molar-refractivity contribution in [1.29, 1.82) is 0 Å². The summed E-state index contributed by atoms with van der Waals surface area (Å²) in [6, 6.07) is 11.6. The van der Waals surface area contributed by atoms with Gasteiger partial charge in [0, 0.05) is 30.9 Å². The van der Waals surface area contributed by atoms with Crippen molar-refractivity contribution < 1.29 is 17.5 Å². The van der Waals surface area contributed by atoms with E-state index in [4.69, 9.17) is 4.74 Å². The van der Waals surface area contributed by atoms with E-state index in [1.807, 2.05) is 19.9 Å². The number of sulfonamides is 1. The van der Waals surface area contributed by atoms with Gasteiger partial charge in [-0.15, -0.1) is 0 Å². The molecule has 0 bridgehead atoms. The van der Waals surface area contributed by atoms with E-state index >= 15 is 0 Å². The molecule has 6 nitrogen and oxygen atoms in total. The number of aryl methyl sites for hydroxylation is 1. The van der Waals surface area contributed by atoms with Crippen LogP contribution in [0, 0.1) is 12.7 Å². The first-order valence-electron chi connectivity index (χ1n) is 10.9. The average Bonchev–Trinajstić information content (AvgIpc) is 3.45. The van der Waals surface area contributed by atoms with Crippen molar-refractivity contribution in [3.8, 4) is 5.75 Å². The lowest BCUT2D eigenvalue weighted by molar-refractivity contribution is 0.142. The molecule has 4 rings (SSSR count). The third-order valence-corrected chi connectivity index (χ3v) is 7.69. The summed E-state index contributed by atoms with van der Waals surface area (Å²) >= 11 is 0. The first kappa shape index (κ1) is 22.9. The highest BCUT2D eigenvalue weighted by molar-refractivity contribution is 7.89. The molecule has 172 valence electrons. The molecule has 1 unspecified atom stereocenters. The molecule has 32 heavy (non-hydrogen) atoms. The summed E-state index contributed by atoms with van der Waals surface area (Å²) in [5.41, 5.74) is 2.06. The monoisotopic (exact) mass is 459 g/mol. The number of hydrogen-bond donors (Lipinski definition) is 1. The molecule has 1 N–H and O–H groups in total. The standard InChI is InChI=1S/C24H30FN3O3S/c1-17-4-5-19(14-22(17)25)23(16-28-13-12-26-18(2)15-28)31-20-6-8-21(9-7-20)32(29,30)27-24(3)10-11-24/h4-9,14,23,27H,10-13,15-16H2,1-3H3. The van der Waals surface area contributed by atoms with Gasteiger partial charge >= 0.3 is 0 Å². The molecule has 2 aromatic rings. The predicted molar refractivity (Wildman–Crippen MR) is 123 cm³/mol. The molecule has 0 radical (unpaired) electrons. The van der Waals surface area contributed by atoms with Crippen LogP contribution in [0.5, 0.6) is 5.75 Å². The molecule has 1 aliphatic heterocycles. The van der Waals surface area contributed by atoms with Gasteiger partial charge in [-0.05, 0) is 75.1 Å². The number of ether oxygens (including phenoxy) is 1. The molecule has 0 spiro atoms. The van der Waals surface area contributed by atoms with Crippen molar-refractivity contribution in [3.63, 3.8) is 0 Å². The van der Waals surface area contributed by atoms with Gasteiger partial charge in [-0.25, -0.2) is 17.5 Å². The van der Waals surface area contributed by atoms with E-state index in [1.165, 1.54) is 6.07 Å². The van der Waals surface area contributed by atoms with Crippen LogP contribution in [0.4, 0.5) is 4.39 Å². The second-order valence-corrected chi connectivity index (χ2v) is 10.8. The van der Waals surface area contributed by atoms with Crippen molar-refractivity contribution in [2.75, 3.05) is 26.2 Å². The molecular formula is C24H30FN3O3S. The first-order valence-corrected chi connectivity index (χ1v) is 12.4. The Kier molecular flexibility index (Phi) is 6.38. The van der Waals surface area contributed by atoms with Gasteiger partial charge in [0.15, 0.2) is 0 Å². The van der Waals surface area contributed by atoms with Gasteiger partial charge < -0.3 is 4.74 Å². The maximum absolute atomic E-state index is 14.3. The fourth-order valence-corrected chi connectivity index (χ4v) is 5.25. The number of aliphatic imine (C=N–C) groups is 1. The van der Waals surface area contributed by atoms with Crippen LogP contribution >= 0.6 is 0 Å². The molecule has 0 amide bonds. The molecule has 1 aliphatic carbocycles. The molecule has 8 heteroatoms. The average molecular weight is 460 g/mol. The highest BCUT2D eigenvalue weighted by Gasteiger charge is 2.41. The Balaban J connectivity index is 1.53. The summed E-state index contributed by atoms with van der Waals surface area (Å²) in [5, 5.41) is 0. The first-order chi connectivity index (χ1) is 15.1. The van der Waals surface area contributed by atoms with E-state index in [0.717, 1.165) is 43.8 Å². The van der Waals surface area contributed by atoms with Crippen LogP contribution < -0.4 is 9.46 Å². The van der Waals surface area contributed by atoms with Gasteiger partial charge in [0.2, 0.25) is 10.0 Å². The molecule has 1 atom stereocenters. The highest BCUT2D eigenvalue weighted by atomic mass is 32.2.